The molecule has 4 heteroatoms. The monoisotopic (exact) mass is 279 g/mol. The zero-order chi connectivity index (χ0) is 13.3. The molecule has 0 amide bonds. The Morgan fingerprint density at radius 1 is 1.16 bits per heavy atom. The highest BCUT2D eigenvalue weighted by molar-refractivity contribution is 7.91. The number of hydrogen-bond acceptors (Lipinski definition) is 3. The van der Waals surface area contributed by atoms with Gasteiger partial charge in [-0.15, -0.1) is 0 Å². The van der Waals surface area contributed by atoms with E-state index in [2.05, 4.69) is 5.32 Å². The normalized spacial score (nSPS) is 25.6. The molecule has 19 heavy (non-hydrogen) atoms. The lowest BCUT2D eigenvalue weighted by molar-refractivity contribution is 0.286. The second-order valence-corrected chi connectivity index (χ2v) is 7.82. The van der Waals surface area contributed by atoms with E-state index >= 15 is 0 Å². The van der Waals surface area contributed by atoms with Gasteiger partial charge in [0.15, 0.2) is 9.84 Å². The molecular weight excluding hydrogens is 258 g/mol. The minimum atomic E-state index is -3.05. The van der Waals surface area contributed by atoms with Gasteiger partial charge in [0, 0.05) is 6.04 Å². The molecule has 1 aromatic carbocycles. The van der Waals surface area contributed by atoms with Crippen molar-refractivity contribution >= 4 is 9.84 Å². The van der Waals surface area contributed by atoms with E-state index in [0.717, 1.165) is 18.0 Å². The molecule has 1 aliphatic heterocycles. The minimum absolute atomic E-state index is 0.208. The highest BCUT2D eigenvalue weighted by Crippen LogP contribution is 2.33. The van der Waals surface area contributed by atoms with E-state index in [-0.39, 0.29) is 11.8 Å². The Morgan fingerprint density at radius 3 is 2.68 bits per heavy atom. The molecule has 3 rings (SSSR count). The van der Waals surface area contributed by atoms with Crippen molar-refractivity contribution in [1.29, 1.82) is 0 Å². The fourth-order valence-corrected chi connectivity index (χ4v) is 4.67. The van der Waals surface area contributed by atoms with Gasteiger partial charge in [0.05, 0.1) is 10.6 Å². The third kappa shape index (κ3) is 2.70. The molecule has 0 radical (unpaired) electrons. The standard InChI is InChI=1S/C15H21NO2S/c17-19(18)11-9-14(13-6-1-2-7-15(13)19)16-10-8-12-4-3-5-12/h1-2,6-7,12,14,16H,3-5,8-11H2. The molecule has 1 aliphatic carbocycles. The van der Waals surface area contributed by atoms with E-state index in [0.29, 0.717) is 11.3 Å². The summed E-state index contributed by atoms with van der Waals surface area (Å²) in [5.41, 5.74) is 0.961. The van der Waals surface area contributed by atoms with Crippen LogP contribution in [0.2, 0.25) is 0 Å². The van der Waals surface area contributed by atoms with Gasteiger partial charge < -0.3 is 5.32 Å². The Kier molecular flexibility index (Phi) is 3.63. The molecule has 1 atom stereocenters. The average Bonchev–Trinajstić information content (AvgIpc) is 2.35. The van der Waals surface area contributed by atoms with Crippen molar-refractivity contribution in [2.45, 2.75) is 43.0 Å². The Balaban J connectivity index is 1.69. The molecule has 104 valence electrons. The summed E-state index contributed by atoms with van der Waals surface area (Å²) in [6.45, 7) is 1.00. The molecule has 1 heterocycles. The van der Waals surface area contributed by atoms with Gasteiger partial charge in [-0.05, 0) is 36.9 Å². The lowest BCUT2D eigenvalue weighted by Gasteiger charge is -2.29. The first-order chi connectivity index (χ1) is 9.17. The highest BCUT2D eigenvalue weighted by atomic mass is 32.2. The number of nitrogens with one attached hydrogen (secondary N) is 1. The molecule has 1 N–H and O–H groups in total. The number of benzene rings is 1. The van der Waals surface area contributed by atoms with Crippen LogP contribution in [0.5, 0.6) is 0 Å². The van der Waals surface area contributed by atoms with Crippen molar-refractivity contribution < 1.29 is 8.42 Å². The zero-order valence-corrected chi connectivity index (χ0v) is 12.0. The summed E-state index contributed by atoms with van der Waals surface area (Å²) in [5, 5.41) is 3.55. The van der Waals surface area contributed by atoms with E-state index < -0.39 is 9.84 Å². The van der Waals surface area contributed by atoms with E-state index in [9.17, 15) is 8.42 Å². The number of hydrogen-bond donors (Lipinski definition) is 1. The number of sulfone groups is 1. The topological polar surface area (TPSA) is 46.2 Å². The Labute approximate surface area is 115 Å². The van der Waals surface area contributed by atoms with Crippen LogP contribution in [-0.2, 0) is 9.84 Å². The van der Waals surface area contributed by atoms with Crippen LogP contribution in [0.25, 0.3) is 0 Å². The van der Waals surface area contributed by atoms with Gasteiger partial charge >= 0.3 is 0 Å². The van der Waals surface area contributed by atoms with Crippen LogP contribution >= 0.6 is 0 Å². The van der Waals surface area contributed by atoms with Crippen LogP contribution in [0.3, 0.4) is 0 Å². The van der Waals surface area contributed by atoms with Crippen LogP contribution in [0.15, 0.2) is 29.2 Å². The fraction of sp³-hybridized carbons (Fsp3) is 0.600. The molecular formula is C15H21NO2S. The lowest BCUT2D eigenvalue weighted by atomic mass is 9.83. The van der Waals surface area contributed by atoms with Crippen LogP contribution in [0.1, 0.15) is 43.7 Å². The highest BCUT2D eigenvalue weighted by Gasteiger charge is 2.29. The smallest absolute Gasteiger partial charge is 0.178 e. The SMILES string of the molecule is O=S1(=O)CCC(NCCC2CCC2)c2ccccc21. The number of rotatable bonds is 4. The molecule has 0 saturated heterocycles. The third-order valence-corrected chi connectivity index (χ3v) is 6.29. The van der Waals surface area contributed by atoms with Gasteiger partial charge in [-0.1, -0.05) is 37.5 Å². The Hall–Kier alpha value is -0.870. The van der Waals surface area contributed by atoms with Crippen molar-refractivity contribution in [1.82, 2.24) is 5.32 Å². The molecule has 1 fully saturated rings. The molecule has 1 aromatic rings. The summed E-state index contributed by atoms with van der Waals surface area (Å²) in [7, 11) is -3.05. The van der Waals surface area contributed by atoms with Crippen LogP contribution in [-0.4, -0.2) is 20.7 Å². The third-order valence-electron chi connectivity index (χ3n) is 4.47. The van der Waals surface area contributed by atoms with E-state index in [1.165, 1.54) is 25.7 Å². The molecule has 2 aliphatic rings. The van der Waals surface area contributed by atoms with E-state index in [1.54, 1.807) is 6.07 Å². The molecule has 0 spiro atoms. The largest absolute Gasteiger partial charge is 0.310 e. The van der Waals surface area contributed by atoms with Crippen molar-refractivity contribution in [3.63, 3.8) is 0 Å². The molecule has 1 saturated carbocycles. The van der Waals surface area contributed by atoms with Crippen LogP contribution in [0, 0.1) is 5.92 Å². The van der Waals surface area contributed by atoms with Crippen molar-refractivity contribution in [2.24, 2.45) is 5.92 Å². The van der Waals surface area contributed by atoms with Gasteiger partial charge in [0.1, 0.15) is 0 Å². The molecule has 1 unspecified atom stereocenters. The number of fused-ring (bicyclic) bond motifs is 1. The van der Waals surface area contributed by atoms with Gasteiger partial charge in [0.2, 0.25) is 0 Å². The van der Waals surface area contributed by atoms with Gasteiger partial charge in [-0.3, -0.25) is 0 Å². The molecule has 0 bridgehead atoms. The van der Waals surface area contributed by atoms with Crippen LogP contribution < -0.4 is 5.32 Å². The first-order valence-corrected chi connectivity index (χ1v) is 8.87. The van der Waals surface area contributed by atoms with E-state index in [1.807, 2.05) is 18.2 Å². The summed E-state index contributed by atoms with van der Waals surface area (Å²) in [5.74, 6) is 1.17. The van der Waals surface area contributed by atoms with Crippen molar-refractivity contribution in [3.8, 4) is 0 Å². The maximum Gasteiger partial charge on any atom is 0.178 e. The molecule has 3 nitrogen and oxygen atoms in total. The first-order valence-electron chi connectivity index (χ1n) is 7.22. The summed E-state index contributed by atoms with van der Waals surface area (Å²) >= 11 is 0. The maximum atomic E-state index is 12.0. The summed E-state index contributed by atoms with van der Waals surface area (Å²) in [6.07, 6.45) is 6.05. The summed E-state index contributed by atoms with van der Waals surface area (Å²) in [4.78, 5) is 0.530. The van der Waals surface area contributed by atoms with Gasteiger partial charge in [-0.25, -0.2) is 8.42 Å². The first kappa shape index (κ1) is 13.1. The van der Waals surface area contributed by atoms with Crippen LogP contribution in [0.4, 0.5) is 0 Å². The summed E-state index contributed by atoms with van der Waals surface area (Å²) in [6, 6.07) is 7.64. The zero-order valence-electron chi connectivity index (χ0n) is 11.1. The minimum Gasteiger partial charge on any atom is -0.310 e. The summed E-state index contributed by atoms with van der Waals surface area (Å²) < 4.78 is 24.1. The van der Waals surface area contributed by atoms with Gasteiger partial charge in [-0.2, -0.15) is 0 Å². The molecule has 0 aromatic heterocycles. The van der Waals surface area contributed by atoms with E-state index in [4.69, 9.17) is 0 Å². The average molecular weight is 279 g/mol. The quantitative estimate of drug-likeness (QED) is 0.921. The van der Waals surface area contributed by atoms with Crippen molar-refractivity contribution in [2.75, 3.05) is 12.3 Å². The predicted molar refractivity (Wildman–Crippen MR) is 75.8 cm³/mol. The predicted octanol–water partition coefficient (Wildman–Crippen LogP) is 2.68. The Bertz CT molecular complexity index is 549. The Morgan fingerprint density at radius 2 is 1.95 bits per heavy atom. The maximum absolute atomic E-state index is 12.0. The second kappa shape index (κ2) is 5.25. The lowest BCUT2D eigenvalue weighted by Crippen LogP contribution is -2.31. The van der Waals surface area contributed by atoms with Gasteiger partial charge in [0.25, 0.3) is 0 Å². The fourth-order valence-electron chi connectivity index (χ4n) is 3.05. The van der Waals surface area contributed by atoms with Crippen molar-refractivity contribution in [3.05, 3.63) is 29.8 Å². The second-order valence-electron chi connectivity index (χ2n) is 5.74.